The third kappa shape index (κ3) is 1.84. The van der Waals surface area contributed by atoms with Crippen LogP contribution in [0.1, 0.15) is 17.2 Å². The summed E-state index contributed by atoms with van der Waals surface area (Å²) in [6.45, 7) is 1.95. The van der Waals surface area contributed by atoms with Crippen molar-refractivity contribution in [3.63, 3.8) is 0 Å². The second-order valence-corrected chi connectivity index (χ2v) is 3.39. The minimum atomic E-state index is -1.03. The third-order valence-corrected chi connectivity index (χ3v) is 2.49. The number of aliphatic hydroxyl groups excluding tert-OH is 1. The van der Waals surface area contributed by atoms with Crippen molar-refractivity contribution in [1.29, 1.82) is 5.26 Å². The Labute approximate surface area is 79.6 Å². The van der Waals surface area contributed by atoms with E-state index < -0.39 is 6.10 Å². The Kier molecular flexibility index (Phi) is 2.85. The smallest absolute Gasteiger partial charge is 0.165 e. The van der Waals surface area contributed by atoms with Crippen molar-refractivity contribution in [1.82, 2.24) is 0 Å². The van der Waals surface area contributed by atoms with Crippen LogP contribution in [0.15, 0.2) is 22.7 Å². The van der Waals surface area contributed by atoms with Crippen LogP contribution in [-0.4, -0.2) is 5.11 Å². The van der Waals surface area contributed by atoms with Crippen LogP contribution in [0.4, 0.5) is 0 Å². The van der Waals surface area contributed by atoms with E-state index in [0.29, 0.717) is 5.56 Å². The summed E-state index contributed by atoms with van der Waals surface area (Å²) in [6.07, 6.45) is -1.03. The molecular weight excluding hydrogens is 218 g/mol. The van der Waals surface area contributed by atoms with Gasteiger partial charge in [-0.3, -0.25) is 0 Å². The van der Waals surface area contributed by atoms with Gasteiger partial charge in [0.1, 0.15) is 0 Å². The zero-order valence-electron chi connectivity index (χ0n) is 6.58. The zero-order chi connectivity index (χ0) is 9.14. The molecule has 0 fully saturated rings. The van der Waals surface area contributed by atoms with Crippen LogP contribution in [0.2, 0.25) is 0 Å². The van der Waals surface area contributed by atoms with Gasteiger partial charge in [0.2, 0.25) is 0 Å². The lowest BCUT2D eigenvalue weighted by molar-refractivity contribution is 0.236. The van der Waals surface area contributed by atoms with Crippen molar-refractivity contribution in [2.75, 3.05) is 0 Å². The molecule has 0 bridgehead atoms. The Morgan fingerprint density at radius 1 is 1.58 bits per heavy atom. The summed E-state index contributed by atoms with van der Waals surface area (Å²) in [5.74, 6) is 0. The zero-order valence-corrected chi connectivity index (χ0v) is 8.17. The molecule has 0 radical (unpaired) electrons. The summed E-state index contributed by atoms with van der Waals surface area (Å²) in [7, 11) is 0. The molecule has 0 spiro atoms. The highest BCUT2D eigenvalue weighted by molar-refractivity contribution is 9.10. The highest BCUT2D eigenvalue weighted by Crippen LogP contribution is 2.21. The summed E-state index contributed by atoms with van der Waals surface area (Å²) < 4.78 is 0.911. The molecule has 0 saturated carbocycles. The van der Waals surface area contributed by atoms with Gasteiger partial charge in [-0.15, -0.1) is 0 Å². The number of halogens is 1. The average Bonchev–Trinajstić information content (AvgIpc) is 2.08. The van der Waals surface area contributed by atoms with Gasteiger partial charge in [0.15, 0.2) is 6.10 Å². The first kappa shape index (κ1) is 9.24. The van der Waals surface area contributed by atoms with Crippen LogP contribution in [0, 0.1) is 18.3 Å². The molecule has 12 heavy (non-hydrogen) atoms. The fourth-order valence-electron chi connectivity index (χ4n) is 0.854. The van der Waals surface area contributed by atoms with Crippen LogP contribution in [0.3, 0.4) is 0 Å². The minimum absolute atomic E-state index is 0.620. The normalized spacial score (nSPS) is 12.2. The topological polar surface area (TPSA) is 44.0 Å². The first-order chi connectivity index (χ1) is 5.65. The third-order valence-electron chi connectivity index (χ3n) is 1.63. The highest BCUT2D eigenvalue weighted by atomic mass is 79.9. The van der Waals surface area contributed by atoms with E-state index in [0.717, 1.165) is 10.0 Å². The van der Waals surface area contributed by atoms with E-state index >= 15 is 0 Å². The van der Waals surface area contributed by atoms with Crippen molar-refractivity contribution in [2.24, 2.45) is 0 Å². The molecule has 0 amide bonds. The monoisotopic (exact) mass is 225 g/mol. The van der Waals surface area contributed by atoms with Gasteiger partial charge in [-0.1, -0.05) is 28.1 Å². The molecule has 0 aliphatic heterocycles. The molecule has 0 heterocycles. The number of aliphatic hydroxyl groups is 1. The molecule has 1 unspecified atom stereocenters. The molecule has 3 heteroatoms. The number of hydrogen-bond acceptors (Lipinski definition) is 2. The van der Waals surface area contributed by atoms with Gasteiger partial charge in [-0.05, 0) is 24.1 Å². The summed E-state index contributed by atoms with van der Waals surface area (Å²) >= 11 is 3.32. The molecule has 1 aromatic carbocycles. The molecule has 0 aromatic heterocycles. The summed E-state index contributed by atoms with van der Waals surface area (Å²) in [5.41, 5.74) is 1.71. The second kappa shape index (κ2) is 3.70. The lowest BCUT2D eigenvalue weighted by Crippen LogP contribution is -1.93. The van der Waals surface area contributed by atoms with Crippen molar-refractivity contribution in [3.8, 4) is 6.07 Å². The summed E-state index contributed by atoms with van der Waals surface area (Å²) in [6, 6.07) is 7.12. The Balaban J connectivity index is 3.06. The first-order valence-corrected chi connectivity index (χ1v) is 4.28. The van der Waals surface area contributed by atoms with Gasteiger partial charge >= 0.3 is 0 Å². The maximum Gasteiger partial charge on any atom is 0.165 e. The molecule has 62 valence electrons. The number of benzene rings is 1. The largest absolute Gasteiger partial charge is 0.374 e. The fourth-order valence-corrected chi connectivity index (χ4v) is 1.25. The Morgan fingerprint density at radius 2 is 2.25 bits per heavy atom. The fraction of sp³-hybridized carbons (Fsp3) is 0.222. The van der Waals surface area contributed by atoms with Gasteiger partial charge in [0.25, 0.3) is 0 Å². The van der Waals surface area contributed by atoms with Gasteiger partial charge in [0.05, 0.1) is 6.07 Å². The number of nitriles is 1. The maximum absolute atomic E-state index is 9.16. The number of hydrogen-bond donors (Lipinski definition) is 1. The van der Waals surface area contributed by atoms with Crippen molar-refractivity contribution in [3.05, 3.63) is 33.8 Å². The summed E-state index contributed by atoms with van der Waals surface area (Å²) in [4.78, 5) is 0. The molecule has 1 atom stereocenters. The minimum Gasteiger partial charge on any atom is -0.374 e. The van der Waals surface area contributed by atoms with Gasteiger partial charge in [-0.2, -0.15) is 5.26 Å². The van der Waals surface area contributed by atoms with Crippen LogP contribution in [-0.2, 0) is 0 Å². The lowest BCUT2D eigenvalue weighted by atomic mass is 10.1. The molecule has 1 rings (SSSR count). The molecule has 1 aromatic rings. The SMILES string of the molecule is Cc1ccc(C(O)C#N)cc1Br. The standard InChI is InChI=1S/C9H8BrNO/c1-6-2-3-7(4-8(6)10)9(12)5-11/h2-4,9,12H,1H3. The van der Waals surface area contributed by atoms with E-state index in [9.17, 15) is 0 Å². The van der Waals surface area contributed by atoms with Crippen molar-refractivity contribution in [2.45, 2.75) is 13.0 Å². The molecular formula is C9H8BrNO. The Hall–Kier alpha value is -0.850. The molecule has 0 aliphatic carbocycles. The number of aryl methyl sites for hydroxylation is 1. The van der Waals surface area contributed by atoms with Crippen molar-refractivity contribution >= 4 is 15.9 Å². The van der Waals surface area contributed by atoms with E-state index in [1.165, 1.54) is 0 Å². The van der Waals surface area contributed by atoms with Crippen LogP contribution in [0.5, 0.6) is 0 Å². The first-order valence-electron chi connectivity index (χ1n) is 3.49. The van der Waals surface area contributed by atoms with E-state index in [1.54, 1.807) is 18.2 Å². The predicted molar refractivity (Wildman–Crippen MR) is 49.5 cm³/mol. The van der Waals surface area contributed by atoms with Crippen LogP contribution in [0.25, 0.3) is 0 Å². The highest BCUT2D eigenvalue weighted by Gasteiger charge is 2.05. The van der Waals surface area contributed by atoms with Gasteiger partial charge < -0.3 is 5.11 Å². The lowest BCUT2D eigenvalue weighted by Gasteiger charge is -2.03. The van der Waals surface area contributed by atoms with Crippen molar-refractivity contribution < 1.29 is 5.11 Å². The molecule has 2 nitrogen and oxygen atoms in total. The second-order valence-electron chi connectivity index (χ2n) is 2.54. The van der Waals surface area contributed by atoms with E-state index in [2.05, 4.69) is 15.9 Å². The Bertz CT molecular complexity index is 330. The summed E-state index contributed by atoms with van der Waals surface area (Å²) in [5, 5.41) is 17.6. The van der Waals surface area contributed by atoms with Gasteiger partial charge in [0, 0.05) is 4.47 Å². The predicted octanol–water partition coefficient (Wildman–Crippen LogP) is 2.31. The number of rotatable bonds is 1. The van der Waals surface area contributed by atoms with E-state index in [-0.39, 0.29) is 0 Å². The molecule has 0 saturated heterocycles. The quantitative estimate of drug-likeness (QED) is 0.746. The Morgan fingerprint density at radius 3 is 2.75 bits per heavy atom. The number of nitrogens with zero attached hydrogens (tertiary/aromatic N) is 1. The molecule has 0 aliphatic rings. The van der Waals surface area contributed by atoms with E-state index in [1.807, 2.05) is 13.0 Å². The average molecular weight is 226 g/mol. The molecule has 1 N–H and O–H groups in total. The van der Waals surface area contributed by atoms with Crippen LogP contribution < -0.4 is 0 Å². The maximum atomic E-state index is 9.16. The van der Waals surface area contributed by atoms with Crippen LogP contribution >= 0.6 is 15.9 Å². The van der Waals surface area contributed by atoms with E-state index in [4.69, 9.17) is 10.4 Å². The van der Waals surface area contributed by atoms with Gasteiger partial charge in [-0.25, -0.2) is 0 Å².